The second kappa shape index (κ2) is 6.95. The monoisotopic (exact) mass is 413 g/mol. The molecule has 1 spiro atoms. The molecule has 3 rings (SSSR count). The number of carbonyl (C=O) groups is 1. The lowest BCUT2D eigenvalue weighted by atomic mass is 9.87. The first kappa shape index (κ1) is 20.4. The number of amides is 1. The minimum Gasteiger partial charge on any atom is -0.482 e. The third-order valence-electron chi connectivity index (χ3n) is 4.42. The van der Waals surface area contributed by atoms with E-state index < -0.39 is 33.2 Å². The number of halogens is 1. The fourth-order valence-electron chi connectivity index (χ4n) is 3.22. The molecule has 0 unspecified atom stereocenters. The average Bonchev–Trinajstić information content (AvgIpc) is 2.53. The molecule has 1 aromatic carbocycles. The van der Waals surface area contributed by atoms with E-state index in [4.69, 9.17) is 13.7 Å². The molecule has 9 heteroatoms. The SMILES string of the molecule is CC(C)(C)OC(=O)N1CCC2(C=C(OS(C)(=O)=O)c3cc(F)ccc3O2)CC1. The van der Waals surface area contributed by atoms with Crippen LogP contribution >= 0.6 is 0 Å². The van der Waals surface area contributed by atoms with Gasteiger partial charge in [0.15, 0.2) is 5.76 Å². The number of hydrogen-bond donors (Lipinski definition) is 0. The normalized spacial score (nSPS) is 18.8. The highest BCUT2D eigenvalue weighted by atomic mass is 32.2. The van der Waals surface area contributed by atoms with Gasteiger partial charge in [0.2, 0.25) is 0 Å². The quantitative estimate of drug-likeness (QED) is 0.692. The first-order chi connectivity index (χ1) is 12.9. The Kier molecular flexibility index (Phi) is 5.07. The second-order valence-electron chi connectivity index (χ2n) is 8.07. The third kappa shape index (κ3) is 4.76. The van der Waals surface area contributed by atoms with E-state index in [0.717, 1.165) is 6.26 Å². The van der Waals surface area contributed by atoms with Crippen molar-refractivity contribution in [2.24, 2.45) is 0 Å². The van der Waals surface area contributed by atoms with Crippen LogP contribution in [-0.2, 0) is 19.0 Å². The summed E-state index contributed by atoms with van der Waals surface area (Å²) in [5.74, 6) is -0.150. The molecule has 0 atom stereocenters. The number of hydrogen-bond acceptors (Lipinski definition) is 6. The van der Waals surface area contributed by atoms with E-state index >= 15 is 0 Å². The smallest absolute Gasteiger partial charge is 0.410 e. The summed E-state index contributed by atoms with van der Waals surface area (Å²) in [7, 11) is -3.81. The molecule has 2 aliphatic heterocycles. The van der Waals surface area contributed by atoms with E-state index in [-0.39, 0.29) is 11.3 Å². The predicted molar refractivity (Wildman–Crippen MR) is 101 cm³/mol. The van der Waals surface area contributed by atoms with Crippen LogP contribution in [0.1, 0.15) is 39.2 Å². The molecule has 1 fully saturated rings. The van der Waals surface area contributed by atoms with Crippen LogP contribution in [0.5, 0.6) is 5.75 Å². The highest BCUT2D eigenvalue weighted by molar-refractivity contribution is 7.86. The highest BCUT2D eigenvalue weighted by Gasteiger charge is 2.41. The van der Waals surface area contributed by atoms with Crippen molar-refractivity contribution in [3.8, 4) is 5.75 Å². The number of likely N-dealkylation sites (tertiary alicyclic amines) is 1. The number of piperidine rings is 1. The van der Waals surface area contributed by atoms with Crippen LogP contribution in [0.3, 0.4) is 0 Å². The Labute approximate surface area is 164 Å². The van der Waals surface area contributed by atoms with Crippen molar-refractivity contribution in [2.45, 2.75) is 44.8 Å². The van der Waals surface area contributed by atoms with Gasteiger partial charge in [0.05, 0.1) is 11.8 Å². The number of nitrogens with zero attached hydrogens (tertiary/aromatic N) is 1. The van der Waals surface area contributed by atoms with Crippen molar-refractivity contribution < 1.29 is 31.3 Å². The first-order valence-corrected chi connectivity index (χ1v) is 10.8. The summed E-state index contributed by atoms with van der Waals surface area (Å²) in [5, 5.41) is 0. The van der Waals surface area contributed by atoms with Gasteiger partial charge < -0.3 is 18.6 Å². The van der Waals surface area contributed by atoms with E-state index in [1.165, 1.54) is 18.2 Å². The molecule has 1 aromatic rings. The zero-order valence-electron chi connectivity index (χ0n) is 16.3. The lowest BCUT2D eigenvalue weighted by Crippen LogP contribution is -2.50. The number of carbonyl (C=O) groups excluding carboxylic acids is 1. The van der Waals surface area contributed by atoms with E-state index in [9.17, 15) is 17.6 Å². The minimum atomic E-state index is -3.81. The number of ether oxygens (including phenoxy) is 2. The van der Waals surface area contributed by atoms with Crippen molar-refractivity contribution in [3.63, 3.8) is 0 Å². The third-order valence-corrected chi connectivity index (χ3v) is 4.90. The maximum atomic E-state index is 13.7. The van der Waals surface area contributed by atoms with Crippen LogP contribution in [0.2, 0.25) is 0 Å². The molecular formula is C19H24FNO6S. The van der Waals surface area contributed by atoms with E-state index in [1.807, 2.05) is 0 Å². The standard InChI is InChI=1S/C19H24FNO6S/c1-18(2,3)26-17(22)21-9-7-19(8-10-21)12-16(27-28(4,23)24)14-11-13(20)5-6-15(14)25-19/h5-6,11-12H,7-10H2,1-4H3. The average molecular weight is 413 g/mol. The van der Waals surface area contributed by atoms with Gasteiger partial charge in [0.25, 0.3) is 0 Å². The predicted octanol–water partition coefficient (Wildman–Crippen LogP) is 3.30. The van der Waals surface area contributed by atoms with Crippen molar-refractivity contribution in [1.29, 1.82) is 0 Å². The van der Waals surface area contributed by atoms with Gasteiger partial charge in [-0.05, 0) is 39.0 Å². The van der Waals surface area contributed by atoms with E-state index in [0.29, 0.717) is 31.7 Å². The van der Waals surface area contributed by atoms with Crippen molar-refractivity contribution >= 4 is 22.0 Å². The van der Waals surface area contributed by atoms with Gasteiger partial charge in [-0.3, -0.25) is 0 Å². The van der Waals surface area contributed by atoms with E-state index in [1.54, 1.807) is 31.7 Å². The van der Waals surface area contributed by atoms with Crippen LogP contribution in [0.15, 0.2) is 24.3 Å². The molecule has 1 saturated heterocycles. The Morgan fingerprint density at radius 3 is 2.46 bits per heavy atom. The summed E-state index contributed by atoms with van der Waals surface area (Å²) >= 11 is 0. The second-order valence-corrected chi connectivity index (χ2v) is 9.65. The Morgan fingerprint density at radius 1 is 1.25 bits per heavy atom. The summed E-state index contributed by atoms with van der Waals surface area (Å²) in [6, 6.07) is 3.87. The Balaban J connectivity index is 1.84. The summed E-state index contributed by atoms with van der Waals surface area (Å²) < 4.78 is 53.6. The highest BCUT2D eigenvalue weighted by Crippen LogP contribution is 2.42. The summed E-state index contributed by atoms with van der Waals surface area (Å²) in [4.78, 5) is 13.9. The van der Waals surface area contributed by atoms with Gasteiger partial charge in [-0.15, -0.1) is 0 Å². The molecule has 0 bridgehead atoms. The molecule has 1 amide bonds. The molecule has 0 radical (unpaired) electrons. The van der Waals surface area contributed by atoms with Gasteiger partial charge in [0, 0.05) is 32.0 Å². The van der Waals surface area contributed by atoms with Gasteiger partial charge in [0.1, 0.15) is 22.8 Å². The van der Waals surface area contributed by atoms with Gasteiger partial charge in [-0.25, -0.2) is 9.18 Å². The fraction of sp³-hybridized carbons (Fsp3) is 0.526. The number of rotatable bonds is 2. The zero-order valence-corrected chi connectivity index (χ0v) is 17.1. The van der Waals surface area contributed by atoms with Crippen LogP contribution in [0.4, 0.5) is 9.18 Å². The maximum Gasteiger partial charge on any atom is 0.410 e. The summed E-state index contributed by atoms with van der Waals surface area (Å²) in [6.07, 6.45) is 2.93. The molecule has 154 valence electrons. The lowest BCUT2D eigenvalue weighted by Gasteiger charge is -2.42. The molecule has 2 aliphatic rings. The van der Waals surface area contributed by atoms with Gasteiger partial charge in [-0.1, -0.05) is 0 Å². The van der Waals surface area contributed by atoms with Crippen molar-refractivity contribution in [3.05, 3.63) is 35.7 Å². The van der Waals surface area contributed by atoms with Crippen LogP contribution in [0.25, 0.3) is 5.76 Å². The first-order valence-electron chi connectivity index (χ1n) is 8.95. The minimum absolute atomic E-state index is 0.0361. The van der Waals surface area contributed by atoms with Crippen molar-refractivity contribution in [1.82, 2.24) is 4.90 Å². The maximum absolute atomic E-state index is 13.7. The summed E-state index contributed by atoms with van der Waals surface area (Å²) in [5.41, 5.74) is -1.19. The molecule has 0 saturated carbocycles. The Bertz CT molecular complexity index is 911. The fourth-order valence-corrected chi connectivity index (χ4v) is 3.69. The molecular weight excluding hydrogens is 389 g/mol. The zero-order chi connectivity index (χ0) is 20.7. The topological polar surface area (TPSA) is 82.1 Å². The molecule has 0 N–H and O–H groups in total. The molecule has 7 nitrogen and oxygen atoms in total. The number of benzene rings is 1. The lowest BCUT2D eigenvalue weighted by molar-refractivity contribution is -0.00162. The largest absolute Gasteiger partial charge is 0.482 e. The van der Waals surface area contributed by atoms with Gasteiger partial charge in [-0.2, -0.15) is 8.42 Å². The molecule has 0 aliphatic carbocycles. The van der Waals surface area contributed by atoms with Crippen LogP contribution < -0.4 is 4.74 Å². The van der Waals surface area contributed by atoms with Crippen LogP contribution in [0, 0.1) is 5.82 Å². The molecule has 2 heterocycles. The number of fused-ring (bicyclic) bond motifs is 1. The van der Waals surface area contributed by atoms with E-state index in [2.05, 4.69) is 0 Å². The Hall–Kier alpha value is -2.29. The Morgan fingerprint density at radius 2 is 1.89 bits per heavy atom. The van der Waals surface area contributed by atoms with Crippen LogP contribution in [-0.4, -0.2) is 50.0 Å². The van der Waals surface area contributed by atoms with Gasteiger partial charge >= 0.3 is 16.2 Å². The van der Waals surface area contributed by atoms with Crippen molar-refractivity contribution in [2.75, 3.05) is 19.3 Å². The molecule has 28 heavy (non-hydrogen) atoms. The summed E-state index contributed by atoms with van der Waals surface area (Å²) in [6.45, 7) is 6.14. The molecule has 0 aromatic heterocycles.